The number of aromatic nitrogens is 4. The van der Waals surface area contributed by atoms with E-state index in [0.717, 1.165) is 54.5 Å². The standard InChI is InChI=1S/C20H23N5O.C5H12O.C2H6.CH4/c1-13-14(2)25(17-7-20(8-17)10-24(11-20)12-26)22-19(13)15-4-5-18-16(6-15)9-21-23(18)3;1-5(2,3)6-4;1-2;/h4-6,9,12,17H,7-8,10-11H2,1-3H3;1-4H3;1-2H3;1H4. The van der Waals surface area contributed by atoms with Crippen LogP contribution in [0.2, 0.25) is 0 Å². The van der Waals surface area contributed by atoms with E-state index in [1.807, 2.05) is 57.4 Å². The van der Waals surface area contributed by atoms with Crippen molar-refractivity contribution < 1.29 is 9.53 Å². The molecule has 1 amide bonds. The van der Waals surface area contributed by atoms with Gasteiger partial charge < -0.3 is 9.64 Å². The van der Waals surface area contributed by atoms with Gasteiger partial charge in [-0.1, -0.05) is 27.3 Å². The number of likely N-dealkylation sites (tertiary alicyclic amines) is 1. The van der Waals surface area contributed by atoms with Crippen molar-refractivity contribution in [2.75, 3.05) is 20.2 Å². The normalized spacial score (nSPS) is 16.3. The van der Waals surface area contributed by atoms with Crippen LogP contribution in [-0.4, -0.2) is 56.7 Å². The summed E-state index contributed by atoms with van der Waals surface area (Å²) >= 11 is 0. The van der Waals surface area contributed by atoms with E-state index in [2.05, 4.69) is 41.8 Å². The molecule has 7 heteroatoms. The number of hydrogen-bond acceptors (Lipinski definition) is 4. The molecule has 0 bridgehead atoms. The maximum Gasteiger partial charge on any atom is 0.209 e. The molecule has 194 valence electrons. The van der Waals surface area contributed by atoms with Crippen molar-refractivity contribution in [2.24, 2.45) is 12.5 Å². The molecule has 1 aliphatic carbocycles. The summed E-state index contributed by atoms with van der Waals surface area (Å²) in [5, 5.41) is 10.5. The molecule has 1 saturated heterocycles. The summed E-state index contributed by atoms with van der Waals surface area (Å²) in [6.45, 7) is 16.2. The zero-order chi connectivity index (χ0) is 25.3. The summed E-state index contributed by atoms with van der Waals surface area (Å²) in [7, 11) is 3.67. The number of hydrogen-bond donors (Lipinski definition) is 0. The molecule has 2 fully saturated rings. The minimum absolute atomic E-state index is 0. The number of methoxy groups -OCH3 is 1. The summed E-state index contributed by atoms with van der Waals surface area (Å²) in [4.78, 5) is 12.7. The molecule has 1 saturated carbocycles. The quantitative estimate of drug-likeness (QED) is 0.432. The first-order chi connectivity index (χ1) is 16.1. The van der Waals surface area contributed by atoms with E-state index >= 15 is 0 Å². The van der Waals surface area contributed by atoms with Crippen LogP contribution >= 0.6 is 0 Å². The van der Waals surface area contributed by atoms with Crippen molar-refractivity contribution in [1.29, 1.82) is 0 Å². The highest BCUT2D eigenvalue weighted by Crippen LogP contribution is 2.54. The Hall–Kier alpha value is -2.67. The number of amides is 1. The Kier molecular flexibility index (Phi) is 8.93. The topological polar surface area (TPSA) is 65.2 Å². The Bertz CT molecular complexity index is 1120. The molecule has 1 spiro atoms. The Balaban J connectivity index is 0.000000424. The highest BCUT2D eigenvalue weighted by atomic mass is 16.5. The van der Waals surface area contributed by atoms with Crippen molar-refractivity contribution in [1.82, 2.24) is 24.5 Å². The van der Waals surface area contributed by atoms with E-state index in [4.69, 9.17) is 9.84 Å². The van der Waals surface area contributed by atoms with Crippen LogP contribution in [0.4, 0.5) is 0 Å². The molecule has 0 radical (unpaired) electrons. The number of nitrogens with zero attached hydrogens (tertiary/aromatic N) is 5. The summed E-state index contributed by atoms with van der Waals surface area (Å²) in [6.07, 6.45) is 5.12. The van der Waals surface area contributed by atoms with Gasteiger partial charge in [0.25, 0.3) is 0 Å². The van der Waals surface area contributed by atoms with Gasteiger partial charge in [-0.15, -0.1) is 0 Å². The van der Waals surface area contributed by atoms with Crippen LogP contribution in [0.3, 0.4) is 0 Å². The number of aryl methyl sites for hydroxylation is 1. The lowest BCUT2D eigenvalue weighted by Gasteiger charge is -2.58. The lowest BCUT2D eigenvalue weighted by atomic mass is 9.61. The van der Waals surface area contributed by atoms with E-state index in [-0.39, 0.29) is 13.0 Å². The molecule has 0 unspecified atom stereocenters. The molecule has 0 N–H and O–H groups in total. The Morgan fingerprint density at radius 1 is 1.14 bits per heavy atom. The molecule has 35 heavy (non-hydrogen) atoms. The molecule has 5 rings (SSSR count). The molecule has 1 aliphatic heterocycles. The van der Waals surface area contributed by atoms with Crippen LogP contribution in [0, 0.1) is 19.3 Å². The third-order valence-corrected chi connectivity index (χ3v) is 6.99. The molecule has 3 aromatic rings. The van der Waals surface area contributed by atoms with Gasteiger partial charge in [0.05, 0.1) is 29.1 Å². The minimum atomic E-state index is 0. The SMILES string of the molecule is C.CC.COC(C)(C)C.Cc1c(-c2ccc3c(cnn3C)c2)nn(C2CC3(C2)CN(C=O)C3)c1C. The number of fused-ring (bicyclic) bond motifs is 1. The second kappa shape index (κ2) is 10.9. The van der Waals surface area contributed by atoms with E-state index in [1.54, 1.807) is 7.11 Å². The average molecular weight is 484 g/mol. The Morgan fingerprint density at radius 2 is 1.74 bits per heavy atom. The van der Waals surface area contributed by atoms with Crippen molar-refractivity contribution in [3.05, 3.63) is 35.7 Å². The fourth-order valence-electron chi connectivity index (χ4n) is 4.80. The molecular formula is C28H45N5O2. The van der Waals surface area contributed by atoms with Gasteiger partial charge in [-0.3, -0.25) is 14.2 Å². The number of benzene rings is 1. The summed E-state index contributed by atoms with van der Waals surface area (Å²) in [5.74, 6) is 0. The van der Waals surface area contributed by atoms with Gasteiger partial charge in [-0.25, -0.2) is 0 Å². The van der Waals surface area contributed by atoms with Crippen LogP contribution < -0.4 is 0 Å². The van der Waals surface area contributed by atoms with Crippen molar-refractivity contribution in [3.8, 4) is 11.3 Å². The molecule has 3 heterocycles. The van der Waals surface area contributed by atoms with Crippen molar-refractivity contribution >= 4 is 17.3 Å². The largest absolute Gasteiger partial charge is 0.379 e. The monoisotopic (exact) mass is 483 g/mol. The van der Waals surface area contributed by atoms with Gasteiger partial charge in [0.1, 0.15) is 0 Å². The smallest absolute Gasteiger partial charge is 0.209 e. The minimum Gasteiger partial charge on any atom is -0.379 e. The van der Waals surface area contributed by atoms with Crippen LogP contribution in [-0.2, 0) is 16.6 Å². The lowest BCUT2D eigenvalue weighted by Crippen LogP contribution is -2.61. The molecule has 1 aromatic carbocycles. The first kappa shape index (κ1) is 28.6. The molecule has 2 aromatic heterocycles. The van der Waals surface area contributed by atoms with Crippen LogP contribution in [0.1, 0.15) is 72.2 Å². The van der Waals surface area contributed by atoms with Crippen molar-refractivity contribution in [2.45, 2.75) is 80.4 Å². The third-order valence-electron chi connectivity index (χ3n) is 6.99. The highest BCUT2D eigenvalue weighted by molar-refractivity contribution is 5.84. The van der Waals surface area contributed by atoms with Gasteiger partial charge in [0.15, 0.2) is 0 Å². The second-order valence-electron chi connectivity index (χ2n) is 10.4. The van der Waals surface area contributed by atoms with Gasteiger partial charge in [-0.2, -0.15) is 10.2 Å². The highest BCUT2D eigenvalue weighted by Gasteiger charge is 2.53. The number of rotatable bonds is 3. The molecule has 2 aliphatic rings. The molecule has 0 atom stereocenters. The van der Waals surface area contributed by atoms with Crippen LogP contribution in [0.15, 0.2) is 24.4 Å². The molecule has 7 nitrogen and oxygen atoms in total. The van der Waals surface area contributed by atoms with Gasteiger partial charge >= 0.3 is 0 Å². The maximum absolute atomic E-state index is 10.8. The Morgan fingerprint density at radius 3 is 2.29 bits per heavy atom. The summed E-state index contributed by atoms with van der Waals surface area (Å²) in [5.41, 5.74) is 6.24. The van der Waals surface area contributed by atoms with Gasteiger partial charge in [0.2, 0.25) is 6.41 Å². The first-order valence-corrected chi connectivity index (χ1v) is 12.3. The fraction of sp³-hybridized carbons (Fsp3) is 0.607. The van der Waals surface area contributed by atoms with Crippen LogP contribution in [0.5, 0.6) is 0 Å². The zero-order valence-corrected chi connectivity index (χ0v) is 22.3. The van der Waals surface area contributed by atoms with Crippen molar-refractivity contribution in [3.63, 3.8) is 0 Å². The van der Waals surface area contributed by atoms with E-state index < -0.39 is 0 Å². The first-order valence-electron chi connectivity index (χ1n) is 12.3. The number of carbonyl (C=O) groups excluding carboxylic acids is 1. The average Bonchev–Trinajstić information content (AvgIpc) is 3.28. The number of ether oxygens (including phenoxy) is 1. The number of carbonyl (C=O) groups is 1. The van der Waals surface area contributed by atoms with E-state index in [0.29, 0.717) is 11.5 Å². The third kappa shape index (κ3) is 5.77. The van der Waals surface area contributed by atoms with Crippen LogP contribution in [0.25, 0.3) is 22.2 Å². The fourth-order valence-corrected chi connectivity index (χ4v) is 4.80. The van der Waals surface area contributed by atoms with E-state index in [1.165, 1.54) is 11.3 Å². The van der Waals surface area contributed by atoms with E-state index in [9.17, 15) is 4.79 Å². The van der Waals surface area contributed by atoms with Gasteiger partial charge in [0, 0.05) is 49.3 Å². The lowest BCUT2D eigenvalue weighted by molar-refractivity contribution is -0.140. The summed E-state index contributed by atoms with van der Waals surface area (Å²) in [6, 6.07) is 6.89. The molecular weight excluding hydrogens is 438 g/mol. The van der Waals surface area contributed by atoms with Gasteiger partial charge in [-0.05, 0) is 65.2 Å². The predicted molar refractivity (Wildman–Crippen MR) is 145 cm³/mol. The summed E-state index contributed by atoms with van der Waals surface area (Å²) < 4.78 is 9.05. The Labute approximate surface area is 211 Å². The zero-order valence-electron chi connectivity index (χ0n) is 22.3. The maximum atomic E-state index is 10.8. The predicted octanol–water partition coefficient (Wildman–Crippen LogP) is 5.94. The second-order valence-corrected chi connectivity index (χ2v) is 10.4.